The summed E-state index contributed by atoms with van der Waals surface area (Å²) in [5.41, 5.74) is 0.842. The first-order valence-electron chi connectivity index (χ1n) is 6.67. The van der Waals surface area contributed by atoms with Gasteiger partial charge < -0.3 is 9.84 Å². The summed E-state index contributed by atoms with van der Waals surface area (Å²) < 4.78 is 5.42. The topological polar surface area (TPSA) is 76.0 Å². The van der Waals surface area contributed by atoms with Gasteiger partial charge in [-0.3, -0.25) is 5.26 Å². The average Bonchev–Trinajstić information content (AvgIpc) is 2.85. The Bertz CT molecular complexity index is 534. The van der Waals surface area contributed by atoms with Crippen LogP contribution < -0.4 is 0 Å². The molecule has 0 unspecified atom stereocenters. The fourth-order valence-electron chi connectivity index (χ4n) is 3.87. The lowest BCUT2D eigenvalue weighted by molar-refractivity contribution is -0.323. The fraction of sp³-hybridized carbons (Fsp3) is 0.533. The van der Waals surface area contributed by atoms with Crippen LogP contribution in [0.25, 0.3) is 0 Å². The molecule has 2 N–H and O–H groups in total. The summed E-state index contributed by atoms with van der Waals surface area (Å²) in [6.45, 7) is 9.61. The molecular weight excluding hydrogens is 260 g/mol. The lowest BCUT2D eigenvalue weighted by atomic mass is 9.77. The Morgan fingerprint density at radius 3 is 2.85 bits per heavy atom. The molecule has 5 heteroatoms. The molecule has 0 aromatic heterocycles. The van der Waals surface area contributed by atoms with E-state index in [0.29, 0.717) is 12.0 Å². The van der Waals surface area contributed by atoms with Gasteiger partial charge in [-0.15, -0.1) is 0 Å². The van der Waals surface area contributed by atoms with Gasteiger partial charge in [0.05, 0.1) is 17.9 Å². The highest BCUT2D eigenvalue weighted by atomic mass is 17.1. The quantitative estimate of drug-likeness (QED) is 0.250. The third-order valence-electron chi connectivity index (χ3n) is 4.94. The van der Waals surface area contributed by atoms with Crippen LogP contribution in [0.4, 0.5) is 0 Å². The molecule has 20 heavy (non-hydrogen) atoms. The minimum absolute atomic E-state index is 0.245. The van der Waals surface area contributed by atoms with Crippen molar-refractivity contribution in [1.82, 2.24) is 0 Å². The van der Waals surface area contributed by atoms with Gasteiger partial charge in [-0.05, 0) is 18.9 Å². The van der Waals surface area contributed by atoms with Crippen LogP contribution in [0.3, 0.4) is 0 Å². The van der Waals surface area contributed by atoms with Gasteiger partial charge in [-0.2, -0.15) is 0 Å². The first-order chi connectivity index (χ1) is 9.42. The maximum absolute atomic E-state index is 11.8. The maximum atomic E-state index is 11.8. The summed E-state index contributed by atoms with van der Waals surface area (Å²) in [6, 6.07) is 0. The SMILES string of the molecule is C=C1C(=O)O[C@H]2[C@H]1[C@@H](O)CC(=C)[C@]1(OO)CC=C(C)[C@@H]21. The molecule has 5 nitrogen and oxygen atoms in total. The summed E-state index contributed by atoms with van der Waals surface area (Å²) in [5, 5.41) is 19.8. The number of aliphatic hydroxyl groups excluding tert-OH is 1. The fourth-order valence-corrected chi connectivity index (χ4v) is 3.87. The van der Waals surface area contributed by atoms with Crippen LogP contribution >= 0.6 is 0 Å². The van der Waals surface area contributed by atoms with E-state index in [1.165, 1.54) is 0 Å². The number of aliphatic hydroxyl groups is 1. The van der Waals surface area contributed by atoms with Gasteiger partial charge in [-0.25, -0.2) is 9.68 Å². The number of rotatable bonds is 1. The minimum atomic E-state index is -1.02. The average molecular weight is 278 g/mol. The van der Waals surface area contributed by atoms with E-state index in [2.05, 4.69) is 13.2 Å². The van der Waals surface area contributed by atoms with Crippen LogP contribution in [-0.2, 0) is 14.4 Å². The van der Waals surface area contributed by atoms with Gasteiger partial charge >= 0.3 is 5.97 Å². The molecule has 2 fully saturated rings. The normalized spacial score (nSPS) is 43.8. The second-order valence-electron chi connectivity index (χ2n) is 5.91. The van der Waals surface area contributed by atoms with E-state index in [1.807, 2.05) is 13.0 Å². The van der Waals surface area contributed by atoms with Crippen molar-refractivity contribution in [3.8, 4) is 0 Å². The molecule has 1 aliphatic heterocycles. The van der Waals surface area contributed by atoms with Gasteiger partial charge in [0.1, 0.15) is 11.7 Å². The zero-order valence-electron chi connectivity index (χ0n) is 11.3. The van der Waals surface area contributed by atoms with Crippen LogP contribution in [0.15, 0.2) is 36.0 Å². The summed E-state index contributed by atoms with van der Waals surface area (Å²) in [4.78, 5) is 16.6. The lowest BCUT2D eigenvalue weighted by Crippen LogP contribution is -2.45. The Labute approximate surface area is 117 Å². The monoisotopic (exact) mass is 278 g/mol. The molecule has 0 amide bonds. The van der Waals surface area contributed by atoms with Crippen LogP contribution in [0.5, 0.6) is 0 Å². The van der Waals surface area contributed by atoms with Crippen molar-refractivity contribution in [2.75, 3.05) is 0 Å². The molecular formula is C15H18O5. The Morgan fingerprint density at radius 2 is 2.20 bits per heavy atom. The van der Waals surface area contributed by atoms with E-state index in [1.54, 1.807) is 0 Å². The Hall–Kier alpha value is -1.43. The third-order valence-corrected chi connectivity index (χ3v) is 4.94. The highest BCUT2D eigenvalue weighted by Gasteiger charge is 2.60. The molecule has 0 spiro atoms. The zero-order valence-corrected chi connectivity index (χ0v) is 11.3. The van der Waals surface area contributed by atoms with Gasteiger partial charge in [0.25, 0.3) is 0 Å². The van der Waals surface area contributed by atoms with Crippen molar-refractivity contribution in [2.24, 2.45) is 11.8 Å². The molecule has 1 saturated carbocycles. The van der Waals surface area contributed by atoms with Crippen LogP contribution in [0.2, 0.25) is 0 Å². The second-order valence-corrected chi connectivity index (χ2v) is 5.91. The molecule has 3 aliphatic rings. The van der Waals surface area contributed by atoms with Crippen molar-refractivity contribution in [3.05, 3.63) is 36.0 Å². The van der Waals surface area contributed by atoms with Crippen molar-refractivity contribution < 1.29 is 24.8 Å². The maximum Gasteiger partial charge on any atom is 0.334 e. The number of hydrogen-bond donors (Lipinski definition) is 2. The predicted octanol–water partition coefficient (Wildman–Crippen LogP) is 1.60. The lowest BCUT2D eigenvalue weighted by Gasteiger charge is -2.36. The highest BCUT2D eigenvalue weighted by molar-refractivity contribution is 5.91. The molecule has 0 aromatic carbocycles. The summed E-state index contributed by atoms with van der Waals surface area (Å²) in [5.74, 6) is -1.31. The van der Waals surface area contributed by atoms with Crippen molar-refractivity contribution in [2.45, 2.75) is 37.6 Å². The van der Waals surface area contributed by atoms with Gasteiger partial charge in [0.15, 0.2) is 0 Å². The number of carbonyl (C=O) groups is 1. The van der Waals surface area contributed by atoms with Crippen molar-refractivity contribution >= 4 is 5.97 Å². The van der Waals surface area contributed by atoms with E-state index < -0.39 is 29.7 Å². The van der Waals surface area contributed by atoms with E-state index in [-0.39, 0.29) is 17.9 Å². The third kappa shape index (κ3) is 1.51. The number of hydrogen-bond acceptors (Lipinski definition) is 5. The molecule has 2 aliphatic carbocycles. The molecule has 0 aromatic rings. The largest absolute Gasteiger partial charge is 0.457 e. The van der Waals surface area contributed by atoms with Crippen molar-refractivity contribution in [3.63, 3.8) is 0 Å². The van der Waals surface area contributed by atoms with E-state index in [9.17, 15) is 15.2 Å². The molecule has 0 bridgehead atoms. The summed E-state index contributed by atoms with van der Waals surface area (Å²) in [7, 11) is 0. The number of carbonyl (C=O) groups excluding carboxylic acids is 1. The van der Waals surface area contributed by atoms with Crippen LogP contribution in [0, 0.1) is 11.8 Å². The van der Waals surface area contributed by atoms with E-state index >= 15 is 0 Å². The molecule has 1 heterocycles. The van der Waals surface area contributed by atoms with Crippen molar-refractivity contribution in [1.29, 1.82) is 0 Å². The second kappa shape index (κ2) is 4.28. The molecule has 3 rings (SSSR count). The summed E-state index contributed by atoms with van der Waals surface area (Å²) >= 11 is 0. The van der Waals surface area contributed by atoms with Crippen LogP contribution in [-0.4, -0.2) is 34.1 Å². The standard InChI is InChI=1S/C15H18O5/c1-7-4-5-15(20-18)8(2)6-10(16)11-9(3)14(17)19-13(11)12(7)15/h4,10-13,16,18H,2-3,5-6H2,1H3/t10-,11+,12-,13-,15+/m0/s1. The first-order valence-corrected chi connectivity index (χ1v) is 6.67. The molecule has 5 atom stereocenters. The van der Waals surface area contributed by atoms with Gasteiger partial charge in [0, 0.05) is 12.0 Å². The van der Waals surface area contributed by atoms with Crippen LogP contribution in [0.1, 0.15) is 19.8 Å². The first kappa shape index (κ1) is 13.5. The Balaban J connectivity index is 2.13. The Kier molecular flexibility index (Phi) is 2.90. The number of esters is 1. The number of ether oxygens (including phenoxy) is 1. The Morgan fingerprint density at radius 1 is 1.50 bits per heavy atom. The predicted molar refractivity (Wildman–Crippen MR) is 70.6 cm³/mol. The summed E-state index contributed by atoms with van der Waals surface area (Å²) in [6.07, 6.45) is 1.27. The van der Waals surface area contributed by atoms with Gasteiger partial charge in [0.2, 0.25) is 0 Å². The number of fused-ring (bicyclic) bond motifs is 3. The minimum Gasteiger partial charge on any atom is -0.457 e. The van der Waals surface area contributed by atoms with Gasteiger partial charge in [-0.1, -0.05) is 24.8 Å². The van der Waals surface area contributed by atoms with E-state index in [4.69, 9.17) is 9.62 Å². The zero-order chi connectivity index (χ0) is 14.7. The molecule has 1 saturated heterocycles. The molecule has 0 radical (unpaired) electrons. The smallest absolute Gasteiger partial charge is 0.334 e. The molecule has 108 valence electrons. The highest BCUT2D eigenvalue weighted by Crippen LogP contribution is 2.53. The van der Waals surface area contributed by atoms with E-state index in [0.717, 1.165) is 5.57 Å².